The van der Waals surface area contributed by atoms with Crippen LogP contribution >= 0.6 is 0 Å². The number of hydrogen-bond donors (Lipinski definition) is 3. The average molecular weight is 290 g/mol. The number of amides is 1. The standard InChI is InChI=1S/C14H14N2O5/c1-2-11(17)15-10-5-3-4-9(8-10)14(20)21-16-12(18)6-7-13(16)19/h3-8,18-19H,2H2,1H3,(H,15,17). The molecule has 110 valence electrons. The number of aromatic nitrogens is 1. The molecule has 0 unspecified atom stereocenters. The Kier molecular flexibility index (Phi) is 4.13. The maximum Gasteiger partial charge on any atom is 0.364 e. The molecule has 2 aromatic rings. The molecule has 0 aliphatic rings. The Balaban J connectivity index is 2.16. The number of benzene rings is 1. The van der Waals surface area contributed by atoms with Crippen LogP contribution in [0.25, 0.3) is 0 Å². The summed E-state index contributed by atoms with van der Waals surface area (Å²) >= 11 is 0. The van der Waals surface area contributed by atoms with Crippen LogP contribution in [0.15, 0.2) is 36.4 Å². The van der Waals surface area contributed by atoms with E-state index in [1.165, 1.54) is 24.3 Å². The van der Waals surface area contributed by atoms with Crippen molar-refractivity contribution in [1.82, 2.24) is 4.73 Å². The third-order valence-corrected chi connectivity index (χ3v) is 2.67. The predicted octanol–water partition coefficient (Wildman–Crippen LogP) is 1.52. The van der Waals surface area contributed by atoms with Gasteiger partial charge < -0.3 is 20.4 Å². The van der Waals surface area contributed by atoms with Crippen LogP contribution in [0, 0.1) is 0 Å². The van der Waals surface area contributed by atoms with Crippen LogP contribution in [0.1, 0.15) is 23.7 Å². The van der Waals surface area contributed by atoms with Gasteiger partial charge in [-0.2, -0.15) is 0 Å². The zero-order valence-electron chi connectivity index (χ0n) is 11.2. The van der Waals surface area contributed by atoms with E-state index in [2.05, 4.69) is 5.32 Å². The van der Waals surface area contributed by atoms with Gasteiger partial charge in [0.05, 0.1) is 5.56 Å². The molecule has 3 N–H and O–H groups in total. The summed E-state index contributed by atoms with van der Waals surface area (Å²) in [7, 11) is 0. The monoisotopic (exact) mass is 290 g/mol. The first kappa shape index (κ1) is 14.4. The van der Waals surface area contributed by atoms with Gasteiger partial charge in [-0.15, -0.1) is 4.73 Å². The normalized spacial score (nSPS) is 10.1. The first-order valence-corrected chi connectivity index (χ1v) is 6.23. The third kappa shape index (κ3) is 3.33. The van der Waals surface area contributed by atoms with Gasteiger partial charge in [0, 0.05) is 24.2 Å². The summed E-state index contributed by atoms with van der Waals surface area (Å²) in [5.74, 6) is -1.78. The number of nitrogens with one attached hydrogen (secondary N) is 1. The number of nitrogens with zero attached hydrogens (tertiary/aromatic N) is 1. The van der Waals surface area contributed by atoms with Crippen molar-refractivity contribution < 1.29 is 24.6 Å². The Hall–Kier alpha value is -2.96. The van der Waals surface area contributed by atoms with Gasteiger partial charge in [-0.05, 0) is 18.2 Å². The Bertz CT molecular complexity index is 658. The first-order chi connectivity index (χ1) is 10.0. The van der Waals surface area contributed by atoms with E-state index < -0.39 is 17.7 Å². The quantitative estimate of drug-likeness (QED) is 0.792. The fraction of sp³-hybridized carbons (Fsp3) is 0.143. The second-order valence-electron chi connectivity index (χ2n) is 4.21. The Labute approximate surface area is 120 Å². The van der Waals surface area contributed by atoms with Gasteiger partial charge in [0.2, 0.25) is 17.7 Å². The highest BCUT2D eigenvalue weighted by atomic mass is 16.7. The minimum atomic E-state index is -0.788. The molecule has 0 aliphatic heterocycles. The number of anilines is 1. The molecule has 0 saturated heterocycles. The highest BCUT2D eigenvalue weighted by Crippen LogP contribution is 2.19. The van der Waals surface area contributed by atoms with Crippen molar-refractivity contribution in [1.29, 1.82) is 0 Å². The maximum absolute atomic E-state index is 11.9. The molecule has 21 heavy (non-hydrogen) atoms. The average Bonchev–Trinajstić information content (AvgIpc) is 2.79. The van der Waals surface area contributed by atoms with E-state index in [0.717, 1.165) is 0 Å². The Morgan fingerprint density at radius 2 is 1.86 bits per heavy atom. The van der Waals surface area contributed by atoms with Crippen LogP contribution < -0.4 is 10.2 Å². The van der Waals surface area contributed by atoms with Gasteiger partial charge >= 0.3 is 5.97 Å². The molecule has 2 rings (SSSR count). The maximum atomic E-state index is 11.9. The van der Waals surface area contributed by atoms with Crippen molar-refractivity contribution in [3.8, 4) is 11.8 Å². The number of carbonyl (C=O) groups is 2. The minimum absolute atomic E-state index is 0.163. The largest absolute Gasteiger partial charge is 0.492 e. The highest BCUT2D eigenvalue weighted by molar-refractivity contribution is 5.94. The number of rotatable bonds is 4. The highest BCUT2D eigenvalue weighted by Gasteiger charge is 2.14. The van der Waals surface area contributed by atoms with E-state index in [1.54, 1.807) is 19.1 Å². The molecular weight excluding hydrogens is 276 g/mol. The minimum Gasteiger partial charge on any atom is -0.492 e. The van der Waals surface area contributed by atoms with Crippen LogP contribution in [-0.4, -0.2) is 26.8 Å². The molecule has 0 radical (unpaired) electrons. The zero-order valence-corrected chi connectivity index (χ0v) is 11.2. The van der Waals surface area contributed by atoms with E-state index in [9.17, 15) is 19.8 Å². The van der Waals surface area contributed by atoms with Gasteiger partial charge in [-0.25, -0.2) is 4.79 Å². The molecule has 1 aromatic carbocycles. The molecule has 7 heteroatoms. The van der Waals surface area contributed by atoms with E-state index in [-0.39, 0.29) is 11.5 Å². The summed E-state index contributed by atoms with van der Waals surface area (Å²) < 4.78 is 0.597. The molecule has 1 aromatic heterocycles. The molecule has 7 nitrogen and oxygen atoms in total. The summed E-state index contributed by atoms with van der Waals surface area (Å²) in [5, 5.41) is 21.4. The van der Waals surface area contributed by atoms with Crippen molar-refractivity contribution in [3.63, 3.8) is 0 Å². The summed E-state index contributed by atoms with van der Waals surface area (Å²) in [4.78, 5) is 28.1. The second-order valence-corrected chi connectivity index (χ2v) is 4.21. The van der Waals surface area contributed by atoms with Crippen LogP contribution in [0.5, 0.6) is 11.8 Å². The van der Waals surface area contributed by atoms with E-state index in [1.807, 2.05) is 0 Å². The van der Waals surface area contributed by atoms with E-state index in [4.69, 9.17) is 4.84 Å². The molecule has 1 amide bonds. The third-order valence-electron chi connectivity index (χ3n) is 2.67. The van der Waals surface area contributed by atoms with Crippen LogP contribution in [0.2, 0.25) is 0 Å². The smallest absolute Gasteiger partial charge is 0.364 e. The molecule has 0 bridgehead atoms. The van der Waals surface area contributed by atoms with Crippen molar-refractivity contribution >= 4 is 17.6 Å². The van der Waals surface area contributed by atoms with Crippen LogP contribution in [-0.2, 0) is 4.79 Å². The van der Waals surface area contributed by atoms with E-state index >= 15 is 0 Å². The summed E-state index contributed by atoms with van der Waals surface area (Å²) in [6.45, 7) is 1.71. The molecular formula is C14H14N2O5. The topological polar surface area (TPSA) is 101 Å². The molecule has 1 heterocycles. The van der Waals surface area contributed by atoms with Gasteiger partial charge in [0.25, 0.3) is 0 Å². The summed E-state index contributed by atoms with van der Waals surface area (Å²) in [6.07, 6.45) is 0.319. The lowest BCUT2D eigenvalue weighted by Crippen LogP contribution is -2.19. The lowest BCUT2D eigenvalue weighted by molar-refractivity contribution is -0.115. The lowest BCUT2D eigenvalue weighted by atomic mass is 10.2. The lowest BCUT2D eigenvalue weighted by Gasteiger charge is -2.08. The van der Waals surface area contributed by atoms with Crippen LogP contribution in [0.4, 0.5) is 5.69 Å². The number of hydrogen-bond acceptors (Lipinski definition) is 5. The van der Waals surface area contributed by atoms with Gasteiger partial charge in [0.1, 0.15) is 0 Å². The fourth-order valence-electron chi connectivity index (χ4n) is 1.60. The van der Waals surface area contributed by atoms with Crippen molar-refractivity contribution in [2.24, 2.45) is 0 Å². The molecule has 0 aliphatic carbocycles. The van der Waals surface area contributed by atoms with Crippen molar-refractivity contribution in [2.45, 2.75) is 13.3 Å². The molecule has 0 fully saturated rings. The molecule has 0 saturated carbocycles. The summed E-state index contributed by atoms with van der Waals surface area (Å²) in [5.41, 5.74) is 0.619. The van der Waals surface area contributed by atoms with Gasteiger partial charge in [-0.1, -0.05) is 13.0 Å². The summed E-state index contributed by atoms with van der Waals surface area (Å²) in [6, 6.07) is 8.50. The Morgan fingerprint density at radius 1 is 1.19 bits per heavy atom. The van der Waals surface area contributed by atoms with Gasteiger partial charge in [-0.3, -0.25) is 4.79 Å². The van der Waals surface area contributed by atoms with Crippen molar-refractivity contribution in [3.05, 3.63) is 42.0 Å². The van der Waals surface area contributed by atoms with Crippen molar-refractivity contribution in [2.75, 3.05) is 5.32 Å². The van der Waals surface area contributed by atoms with E-state index in [0.29, 0.717) is 16.8 Å². The predicted molar refractivity (Wildman–Crippen MR) is 74.0 cm³/mol. The Morgan fingerprint density at radius 3 is 2.48 bits per heavy atom. The number of aromatic hydroxyl groups is 2. The number of carbonyl (C=O) groups excluding carboxylic acids is 2. The SMILES string of the molecule is CCC(=O)Nc1cccc(C(=O)On2c(O)ccc2O)c1. The second kappa shape index (κ2) is 6.00. The van der Waals surface area contributed by atoms with Crippen LogP contribution in [0.3, 0.4) is 0 Å². The van der Waals surface area contributed by atoms with Gasteiger partial charge in [0.15, 0.2) is 0 Å². The first-order valence-electron chi connectivity index (χ1n) is 6.23. The molecule has 0 spiro atoms. The zero-order chi connectivity index (χ0) is 15.4. The fourth-order valence-corrected chi connectivity index (χ4v) is 1.60. The molecule has 0 atom stereocenters.